The Labute approximate surface area is 119 Å². The number of hydrogen-bond donors (Lipinski definition) is 1. The van der Waals surface area contributed by atoms with Gasteiger partial charge in [0.05, 0.1) is 11.3 Å². The number of nitrogens with one attached hydrogen (secondary N) is 1. The van der Waals surface area contributed by atoms with Crippen molar-refractivity contribution in [1.82, 2.24) is 10.3 Å². The first-order valence-electron chi connectivity index (χ1n) is 6.94. The van der Waals surface area contributed by atoms with Crippen LogP contribution in [0.5, 0.6) is 0 Å². The van der Waals surface area contributed by atoms with Gasteiger partial charge in [-0.2, -0.15) is 0 Å². The third kappa shape index (κ3) is 4.80. The number of furan rings is 1. The fourth-order valence-corrected chi connectivity index (χ4v) is 2.96. The molecule has 1 atom stereocenters. The van der Waals surface area contributed by atoms with Gasteiger partial charge in [-0.25, -0.2) is 4.98 Å². The summed E-state index contributed by atoms with van der Waals surface area (Å²) in [4.78, 5) is 4.56. The summed E-state index contributed by atoms with van der Waals surface area (Å²) < 4.78 is 5.40. The highest BCUT2D eigenvalue weighted by atomic mass is 32.1. The largest absolute Gasteiger partial charge is 0.469 e. The smallest absolute Gasteiger partial charge is 0.103 e. The molecule has 0 bridgehead atoms. The molecule has 0 aliphatic rings. The second kappa shape index (κ2) is 7.46. The molecule has 2 aromatic rings. The molecule has 0 amide bonds. The summed E-state index contributed by atoms with van der Waals surface area (Å²) in [5.41, 5.74) is 1.13. The molecule has 0 fully saturated rings. The Bertz CT molecular complexity index is 464. The Hall–Kier alpha value is -1.13. The van der Waals surface area contributed by atoms with E-state index in [1.807, 2.05) is 12.1 Å². The molecule has 1 unspecified atom stereocenters. The average Bonchev–Trinajstić information content (AvgIpc) is 3.04. The molecule has 0 spiro atoms. The maximum atomic E-state index is 5.40. The van der Waals surface area contributed by atoms with Gasteiger partial charge in [0, 0.05) is 30.0 Å². The van der Waals surface area contributed by atoms with Crippen molar-refractivity contribution in [2.45, 2.75) is 45.6 Å². The molecule has 0 saturated carbocycles. The first-order chi connectivity index (χ1) is 9.28. The standard InChI is InChI=1S/C15H22N2OS/c1-3-8-16-13(6-7-14-5-4-9-18-14)10-15-17-12(2)11-19-15/h4-5,9,11,13,16H,3,6-8,10H2,1-2H3. The minimum atomic E-state index is 0.482. The lowest BCUT2D eigenvalue weighted by atomic mass is 10.1. The zero-order valence-corrected chi connectivity index (χ0v) is 12.5. The molecular formula is C15H22N2OS. The van der Waals surface area contributed by atoms with E-state index in [4.69, 9.17) is 4.42 Å². The highest BCUT2D eigenvalue weighted by Gasteiger charge is 2.12. The van der Waals surface area contributed by atoms with Crippen LogP contribution >= 0.6 is 11.3 Å². The van der Waals surface area contributed by atoms with Crippen molar-refractivity contribution in [1.29, 1.82) is 0 Å². The zero-order valence-electron chi connectivity index (χ0n) is 11.7. The average molecular weight is 278 g/mol. The van der Waals surface area contributed by atoms with Crippen LogP contribution in [0.1, 0.15) is 36.2 Å². The van der Waals surface area contributed by atoms with Crippen LogP contribution in [-0.4, -0.2) is 17.6 Å². The first kappa shape index (κ1) is 14.3. The van der Waals surface area contributed by atoms with Crippen molar-refractivity contribution < 1.29 is 4.42 Å². The number of thiazole rings is 1. The minimum absolute atomic E-state index is 0.482. The summed E-state index contributed by atoms with van der Waals surface area (Å²) in [5.74, 6) is 1.07. The van der Waals surface area contributed by atoms with Crippen molar-refractivity contribution in [2.75, 3.05) is 6.54 Å². The third-order valence-corrected chi connectivity index (χ3v) is 4.08. The molecule has 19 heavy (non-hydrogen) atoms. The van der Waals surface area contributed by atoms with Crippen LogP contribution in [0.15, 0.2) is 28.2 Å². The van der Waals surface area contributed by atoms with Crippen LogP contribution in [0.2, 0.25) is 0 Å². The van der Waals surface area contributed by atoms with E-state index in [1.165, 1.54) is 5.01 Å². The summed E-state index contributed by atoms with van der Waals surface area (Å²) in [6.45, 7) is 5.31. The first-order valence-corrected chi connectivity index (χ1v) is 7.82. The van der Waals surface area contributed by atoms with Crippen molar-refractivity contribution in [2.24, 2.45) is 0 Å². The van der Waals surface area contributed by atoms with E-state index >= 15 is 0 Å². The maximum absolute atomic E-state index is 5.40. The monoisotopic (exact) mass is 278 g/mol. The van der Waals surface area contributed by atoms with E-state index in [1.54, 1.807) is 17.6 Å². The fourth-order valence-electron chi connectivity index (χ4n) is 2.10. The van der Waals surface area contributed by atoms with Gasteiger partial charge in [0.2, 0.25) is 0 Å². The lowest BCUT2D eigenvalue weighted by Crippen LogP contribution is -2.32. The summed E-state index contributed by atoms with van der Waals surface area (Å²) in [6, 6.07) is 4.48. The summed E-state index contributed by atoms with van der Waals surface area (Å²) >= 11 is 1.76. The van der Waals surface area contributed by atoms with Gasteiger partial charge in [-0.1, -0.05) is 6.92 Å². The Morgan fingerprint density at radius 2 is 2.37 bits per heavy atom. The van der Waals surface area contributed by atoms with E-state index in [9.17, 15) is 0 Å². The van der Waals surface area contributed by atoms with Crippen molar-refractivity contribution >= 4 is 11.3 Å². The second-order valence-corrected chi connectivity index (χ2v) is 5.80. The van der Waals surface area contributed by atoms with Crippen LogP contribution in [0.4, 0.5) is 0 Å². The molecule has 4 heteroatoms. The third-order valence-electron chi connectivity index (χ3n) is 3.09. The van der Waals surface area contributed by atoms with Crippen molar-refractivity contribution in [3.63, 3.8) is 0 Å². The van der Waals surface area contributed by atoms with Crippen LogP contribution < -0.4 is 5.32 Å². The Balaban J connectivity index is 1.87. The number of aromatic nitrogens is 1. The lowest BCUT2D eigenvalue weighted by Gasteiger charge is -2.16. The van der Waals surface area contributed by atoms with Crippen LogP contribution in [0.3, 0.4) is 0 Å². The zero-order chi connectivity index (χ0) is 13.5. The molecule has 0 aliphatic carbocycles. The SMILES string of the molecule is CCCNC(CCc1ccco1)Cc1nc(C)cs1. The van der Waals surface area contributed by atoms with Gasteiger partial charge in [-0.05, 0) is 38.4 Å². The van der Waals surface area contributed by atoms with Gasteiger partial charge in [0.1, 0.15) is 5.76 Å². The summed E-state index contributed by atoms with van der Waals surface area (Å²) in [5, 5.41) is 6.97. The van der Waals surface area contributed by atoms with Gasteiger partial charge >= 0.3 is 0 Å². The van der Waals surface area contributed by atoms with Crippen molar-refractivity contribution in [3.05, 3.63) is 40.2 Å². The molecule has 3 nitrogen and oxygen atoms in total. The van der Waals surface area contributed by atoms with Crippen LogP contribution in [0, 0.1) is 6.92 Å². The van der Waals surface area contributed by atoms with E-state index in [2.05, 4.69) is 29.5 Å². The van der Waals surface area contributed by atoms with Gasteiger partial charge in [-0.3, -0.25) is 0 Å². The molecule has 0 aliphatic heterocycles. The van der Waals surface area contributed by atoms with Crippen molar-refractivity contribution in [3.8, 4) is 0 Å². The quantitative estimate of drug-likeness (QED) is 0.802. The fraction of sp³-hybridized carbons (Fsp3) is 0.533. The molecule has 0 aromatic carbocycles. The highest BCUT2D eigenvalue weighted by Crippen LogP contribution is 2.14. The summed E-state index contributed by atoms with van der Waals surface area (Å²) in [7, 11) is 0. The molecule has 0 saturated heterocycles. The molecule has 0 radical (unpaired) electrons. The van der Waals surface area contributed by atoms with Gasteiger partial charge < -0.3 is 9.73 Å². The normalized spacial score (nSPS) is 12.7. The minimum Gasteiger partial charge on any atom is -0.469 e. The molecule has 2 rings (SSSR count). The topological polar surface area (TPSA) is 38.1 Å². The van der Waals surface area contributed by atoms with Gasteiger partial charge in [-0.15, -0.1) is 11.3 Å². The van der Waals surface area contributed by atoms with E-state index in [-0.39, 0.29) is 0 Å². The Kier molecular flexibility index (Phi) is 5.61. The lowest BCUT2D eigenvalue weighted by molar-refractivity contribution is 0.441. The maximum Gasteiger partial charge on any atom is 0.103 e. The molecular weight excluding hydrogens is 256 g/mol. The van der Waals surface area contributed by atoms with Gasteiger partial charge in [0.25, 0.3) is 0 Å². The molecule has 2 heterocycles. The van der Waals surface area contributed by atoms with Gasteiger partial charge in [0.15, 0.2) is 0 Å². The van der Waals surface area contributed by atoms with Crippen LogP contribution in [0.25, 0.3) is 0 Å². The predicted octanol–water partition coefficient (Wildman–Crippen LogP) is 3.59. The Morgan fingerprint density at radius 1 is 1.47 bits per heavy atom. The number of aryl methyl sites for hydroxylation is 2. The van der Waals surface area contributed by atoms with E-state index < -0.39 is 0 Å². The van der Waals surface area contributed by atoms with E-state index in [0.29, 0.717) is 6.04 Å². The molecule has 1 N–H and O–H groups in total. The summed E-state index contributed by atoms with van der Waals surface area (Å²) in [6.07, 6.45) is 5.99. The number of nitrogens with zero attached hydrogens (tertiary/aromatic N) is 1. The number of rotatable bonds is 8. The number of hydrogen-bond acceptors (Lipinski definition) is 4. The molecule has 104 valence electrons. The Morgan fingerprint density at radius 3 is 3.00 bits per heavy atom. The second-order valence-electron chi connectivity index (χ2n) is 4.86. The molecule has 2 aromatic heterocycles. The highest BCUT2D eigenvalue weighted by molar-refractivity contribution is 7.09. The van der Waals surface area contributed by atoms with Crippen LogP contribution in [-0.2, 0) is 12.8 Å². The predicted molar refractivity (Wildman–Crippen MR) is 79.7 cm³/mol. The van der Waals surface area contributed by atoms with E-state index in [0.717, 1.165) is 43.7 Å².